The van der Waals surface area contributed by atoms with Crippen molar-refractivity contribution in [3.8, 4) is 0 Å². The Morgan fingerprint density at radius 3 is 2.75 bits per heavy atom. The molecule has 2 N–H and O–H groups in total. The van der Waals surface area contributed by atoms with E-state index in [1.165, 1.54) is 6.20 Å². The van der Waals surface area contributed by atoms with E-state index in [9.17, 15) is 14.7 Å². The van der Waals surface area contributed by atoms with E-state index >= 15 is 0 Å². The summed E-state index contributed by atoms with van der Waals surface area (Å²) < 4.78 is 0.673. The number of nitrogens with one attached hydrogen (secondary N) is 1. The lowest BCUT2D eigenvalue weighted by molar-refractivity contribution is -0.144. The molecule has 0 saturated heterocycles. The number of carboxylic acids is 1. The quantitative estimate of drug-likeness (QED) is 0.825. The average Bonchev–Trinajstić information content (AvgIpc) is 2.45. The number of carbonyl (C=O) groups excluding carboxylic acids is 1. The number of aromatic nitrogens is 1. The first-order chi connectivity index (χ1) is 9.58. The summed E-state index contributed by atoms with van der Waals surface area (Å²) in [5, 5.41) is 12.0. The molecule has 0 spiro atoms. The maximum Gasteiger partial charge on any atom is 0.306 e. The second kappa shape index (κ2) is 6.83. The Bertz CT molecular complexity index is 490. The molecule has 1 aromatic rings. The summed E-state index contributed by atoms with van der Waals surface area (Å²) in [5.41, 5.74) is 0.482. The third-order valence-electron chi connectivity index (χ3n) is 3.74. The second-order valence-corrected chi connectivity index (χ2v) is 5.88. The maximum absolute atomic E-state index is 12.0. The SMILES string of the molecule is O=C(NCC1CCCCC1C(=O)O)c1ccc(Br)nc1. The Balaban J connectivity index is 1.91. The lowest BCUT2D eigenvalue weighted by Gasteiger charge is -2.28. The summed E-state index contributed by atoms with van der Waals surface area (Å²) in [5.74, 6) is -1.28. The molecule has 1 saturated carbocycles. The molecule has 0 aromatic carbocycles. The molecular formula is C14H17BrN2O3. The minimum absolute atomic E-state index is 0.0219. The summed E-state index contributed by atoms with van der Waals surface area (Å²) in [6.07, 6.45) is 5.04. The molecule has 1 aliphatic carbocycles. The number of amides is 1. The van der Waals surface area contributed by atoms with E-state index in [0.29, 0.717) is 23.1 Å². The highest BCUT2D eigenvalue weighted by molar-refractivity contribution is 9.10. The van der Waals surface area contributed by atoms with Gasteiger partial charge in [-0.3, -0.25) is 9.59 Å². The van der Waals surface area contributed by atoms with Crippen LogP contribution < -0.4 is 5.32 Å². The molecule has 1 heterocycles. The predicted molar refractivity (Wildman–Crippen MR) is 77.4 cm³/mol. The smallest absolute Gasteiger partial charge is 0.306 e. The molecule has 1 aliphatic rings. The molecule has 2 unspecified atom stereocenters. The number of pyridine rings is 1. The zero-order valence-electron chi connectivity index (χ0n) is 11.0. The maximum atomic E-state index is 12.0. The van der Waals surface area contributed by atoms with Crippen LogP contribution in [0.2, 0.25) is 0 Å². The van der Waals surface area contributed by atoms with Crippen LogP contribution in [0.15, 0.2) is 22.9 Å². The van der Waals surface area contributed by atoms with Gasteiger partial charge in [0, 0.05) is 12.7 Å². The van der Waals surface area contributed by atoms with Crippen LogP contribution in [0, 0.1) is 11.8 Å². The van der Waals surface area contributed by atoms with Crippen LogP contribution in [-0.2, 0) is 4.79 Å². The number of nitrogens with zero attached hydrogens (tertiary/aromatic N) is 1. The topological polar surface area (TPSA) is 79.3 Å². The zero-order chi connectivity index (χ0) is 14.5. The first-order valence-corrected chi connectivity index (χ1v) is 7.50. The van der Waals surface area contributed by atoms with Gasteiger partial charge in [0.25, 0.3) is 5.91 Å². The molecule has 6 heteroatoms. The molecule has 0 bridgehead atoms. The van der Waals surface area contributed by atoms with Gasteiger partial charge in [0.15, 0.2) is 0 Å². The Hall–Kier alpha value is -1.43. The molecule has 2 atom stereocenters. The van der Waals surface area contributed by atoms with Crippen molar-refractivity contribution in [1.82, 2.24) is 10.3 Å². The standard InChI is InChI=1S/C14H17BrN2O3/c15-12-6-5-10(8-16-12)13(18)17-7-9-3-1-2-4-11(9)14(19)20/h5-6,8-9,11H,1-4,7H2,(H,17,18)(H,19,20). The fourth-order valence-electron chi connectivity index (χ4n) is 2.61. The first kappa shape index (κ1) is 15.0. The third-order valence-corrected chi connectivity index (χ3v) is 4.21. The van der Waals surface area contributed by atoms with Gasteiger partial charge in [-0.25, -0.2) is 4.98 Å². The highest BCUT2D eigenvalue weighted by atomic mass is 79.9. The van der Waals surface area contributed by atoms with Crippen molar-refractivity contribution in [2.45, 2.75) is 25.7 Å². The first-order valence-electron chi connectivity index (χ1n) is 6.70. The van der Waals surface area contributed by atoms with Gasteiger partial charge >= 0.3 is 5.97 Å². The van der Waals surface area contributed by atoms with Crippen LogP contribution in [0.1, 0.15) is 36.0 Å². The van der Waals surface area contributed by atoms with E-state index in [-0.39, 0.29) is 17.7 Å². The van der Waals surface area contributed by atoms with E-state index < -0.39 is 5.97 Å². The molecule has 1 fully saturated rings. The second-order valence-electron chi connectivity index (χ2n) is 5.07. The lowest BCUT2D eigenvalue weighted by atomic mass is 9.79. The largest absolute Gasteiger partial charge is 0.481 e. The van der Waals surface area contributed by atoms with E-state index in [1.54, 1.807) is 12.1 Å². The summed E-state index contributed by atoms with van der Waals surface area (Å²) in [7, 11) is 0. The van der Waals surface area contributed by atoms with Crippen molar-refractivity contribution in [2.24, 2.45) is 11.8 Å². The zero-order valence-corrected chi connectivity index (χ0v) is 12.6. The van der Waals surface area contributed by atoms with Gasteiger partial charge in [0.1, 0.15) is 4.60 Å². The van der Waals surface area contributed by atoms with E-state index in [1.807, 2.05) is 0 Å². The summed E-state index contributed by atoms with van der Waals surface area (Å²) >= 11 is 3.21. The highest BCUT2D eigenvalue weighted by Gasteiger charge is 2.30. The van der Waals surface area contributed by atoms with E-state index in [2.05, 4.69) is 26.2 Å². The number of carbonyl (C=O) groups is 2. The highest BCUT2D eigenvalue weighted by Crippen LogP contribution is 2.29. The van der Waals surface area contributed by atoms with Crippen LogP contribution in [-0.4, -0.2) is 28.5 Å². The minimum atomic E-state index is -0.755. The molecule has 0 radical (unpaired) electrons. The number of carboxylic acid groups (broad SMARTS) is 1. The van der Waals surface area contributed by atoms with Crippen molar-refractivity contribution in [2.75, 3.05) is 6.54 Å². The lowest BCUT2D eigenvalue weighted by Crippen LogP contribution is -2.37. The average molecular weight is 341 g/mol. The fourth-order valence-corrected chi connectivity index (χ4v) is 2.85. The van der Waals surface area contributed by atoms with Crippen LogP contribution in [0.4, 0.5) is 0 Å². The van der Waals surface area contributed by atoms with Crippen molar-refractivity contribution in [3.05, 3.63) is 28.5 Å². The molecular weight excluding hydrogens is 324 g/mol. The van der Waals surface area contributed by atoms with Crippen LogP contribution in [0.25, 0.3) is 0 Å². The summed E-state index contributed by atoms with van der Waals surface area (Å²) in [4.78, 5) is 27.2. The van der Waals surface area contributed by atoms with Crippen LogP contribution in [0.3, 0.4) is 0 Å². The van der Waals surface area contributed by atoms with Gasteiger partial charge < -0.3 is 10.4 Å². The molecule has 5 nitrogen and oxygen atoms in total. The minimum Gasteiger partial charge on any atom is -0.481 e. The van der Waals surface area contributed by atoms with E-state index in [0.717, 1.165) is 19.3 Å². The van der Waals surface area contributed by atoms with Gasteiger partial charge in [-0.05, 0) is 46.8 Å². The number of hydrogen-bond donors (Lipinski definition) is 2. The number of hydrogen-bond acceptors (Lipinski definition) is 3. The normalized spacial score (nSPS) is 22.2. The monoisotopic (exact) mass is 340 g/mol. The molecule has 2 rings (SSSR count). The van der Waals surface area contributed by atoms with Crippen molar-refractivity contribution in [3.63, 3.8) is 0 Å². The van der Waals surface area contributed by atoms with E-state index in [4.69, 9.17) is 0 Å². The molecule has 1 aromatic heterocycles. The van der Waals surface area contributed by atoms with Gasteiger partial charge in [-0.1, -0.05) is 12.8 Å². The third kappa shape index (κ3) is 3.79. The number of rotatable bonds is 4. The van der Waals surface area contributed by atoms with Gasteiger partial charge in [-0.2, -0.15) is 0 Å². The molecule has 0 aliphatic heterocycles. The molecule has 20 heavy (non-hydrogen) atoms. The van der Waals surface area contributed by atoms with Gasteiger partial charge in [0.05, 0.1) is 11.5 Å². The number of halogens is 1. The fraction of sp³-hybridized carbons (Fsp3) is 0.500. The Kier molecular flexibility index (Phi) is 5.11. The molecule has 1 amide bonds. The van der Waals surface area contributed by atoms with Crippen LogP contribution >= 0.6 is 15.9 Å². The number of aliphatic carboxylic acids is 1. The Morgan fingerprint density at radius 1 is 1.35 bits per heavy atom. The molecule has 108 valence electrons. The van der Waals surface area contributed by atoms with Gasteiger partial charge in [0.2, 0.25) is 0 Å². The Labute approximate surface area is 125 Å². The Morgan fingerprint density at radius 2 is 2.10 bits per heavy atom. The summed E-state index contributed by atoms with van der Waals surface area (Å²) in [6.45, 7) is 0.409. The van der Waals surface area contributed by atoms with Crippen LogP contribution in [0.5, 0.6) is 0 Å². The van der Waals surface area contributed by atoms with Crippen molar-refractivity contribution < 1.29 is 14.7 Å². The predicted octanol–water partition coefficient (Wildman–Crippen LogP) is 2.46. The van der Waals surface area contributed by atoms with Gasteiger partial charge in [-0.15, -0.1) is 0 Å². The summed E-state index contributed by atoms with van der Waals surface area (Å²) in [6, 6.07) is 3.39. The van der Waals surface area contributed by atoms with Crippen molar-refractivity contribution in [1.29, 1.82) is 0 Å². The van der Waals surface area contributed by atoms with Crippen molar-refractivity contribution >= 4 is 27.8 Å².